The Bertz CT molecular complexity index is 1100. The largest absolute Gasteiger partial charge is 0.484 e. The Balaban J connectivity index is 1.94. The number of carbonyl (C=O) groups is 1. The van der Waals surface area contributed by atoms with Crippen LogP contribution in [-0.2, 0) is 21.2 Å². The van der Waals surface area contributed by atoms with Crippen molar-refractivity contribution in [3.63, 3.8) is 0 Å². The maximum atomic E-state index is 13.3. The van der Waals surface area contributed by atoms with Gasteiger partial charge in [0.1, 0.15) is 5.75 Å². The number of ether oxygens (including phenoxy) is 1. The summed E-state index contributed by atoms with van der Waals surface area (Å²) in [5, 5.41) is 0. The zero-order chi connectivity index (χ0) is 21.7. The molecule has 0 aromatic heterocycles. The highest BCUT2D eigenvalue weighted by Crippen LogP contribution is 2.25. The molecule has 0 heterocycles. The smallest absolute Gasteiger partial charge is 0.278 e. The number of amides is 1. The third kappa shape index (κ3) is 4.89. The van der Waals surface area contributed by atoms with E-state index in [1.54, 1.807) is 36.4 Å². The summed E-state index contributed by atoms with van der Waals surface area (Å²) in [6.45, 7) is 5.43. The summed E-state index contributed by atoms with van der Waals surface area (Å²) in [6, 6.07) is 20.6. The van der Waals surface area contributed by atoms with E-state index in [1.807, 2.05) is 45.0 Å². The van der Waals surface area contributed by atoms with Crippen molar-refractivity contribution >= 4 is 21.6 Å². The number of benzene rings is 3. The lowest BCUT2D eigenvalue weighted by Crippen LogP contribution is -2.40. The fourth-order valence-corrected chi connectivity index (χ4v) is 4.35. The van der Waals surface area contributed by atoms with Gasteiger partial charge in [-0.2, -0.15) is 4.31 Å². The van der Waals surface area contributed by atoms with E-state index < -0.39 is 22.5 Å². The lowest BCUT2D eigenvalue weighted by Gasteiger charge is -2.23. The lowest BCUT2D eigenvalue weighted by molar-refractivity contribution is -0.119. The first-order chi connectivity index (χ1) is 14.3. The van der Waals surface area contributed by atoms with Crippen molar-refractivity contribution in [2.75, 3.05) is 10.9 Å². The zero-order valence-electron chi connectivity index (χ0n) is 17.3. The van der Waals surface area contributed by atoms with Gasteiger partial charge in [0.05, 0.1) is 10.6 Å². The lowest BCUT2D eigenvalue weighted by atomic mass is 10.1. The highest BCUT2D eigenvalue weighted by molar-refractivity contribution is 7.93. The van der Waals surface area contributed by atoms with Gasteiger partial charge in [-0.1, -0.05) is 54.4 Å². The van der Waals surface area contributed by atoms with Crippen molar-refractivity contribution in [1.29, 1.82) is 0 Å². The van der Waals surface area contributed by atoms with E-state index in [-0.39, 0.29) is 10.6 Å². The van der Waals surface area contributed by atoms with Crippen LogP contribution in [0.4, 0.5) is 5.69 Å². The molecule has 0 saturated heterocycles. The van der Waals surface area contributed by atoms with Crippen molar-refractivity contribution in [2.24, 2.45) is 0 Å². The highest BCUT2D eigenvalue weighted by Gasteiger charge is 2.31. The summed E-state index contributed by atoms with van der Waals surface area (Å²) in [4.78, 5) is 13.1. The van der Waals surface area contributed by atoms with Gasteiger partial charge in [0.2, 0.25) is 0 Å². The number of rotatable bonds is 7. The minimum atomic E-state index is -4.10. The normalized spacial score (nSPS) is 11.2. The molecule has 0 aliphatic rings. The minimum absolute atomic E-state index is 0.0522. The van der Waals surface area contributed by atoms with Gasteiger partial charge in [-0.25, -0.2) is 8.42 Å². The second kappa shape index (κ2) is 9.13. The van der Waals surface area contributed by atoms with Crippen molar-refractivity contribution in [2.45, 2.75) is 32.1 Å². The van der Waals surface area contributed by atoms with E-state index in [2.05, 4.69) is 0 Å². The maximum absolute atomic E-state index is 13.3. The molecule has 0 spiro atoms. The Kier molecular flexibility index (Phi) is 6.57. The zero-order valence-corrected chi connectivity index (χ0v) is 18.1. The number of nitrogens with zero attached hydrogens (tertiary/aromatic N) is 1. The number of carbonyl (C=O) groups excluding carboxylic acids is 1. The van der Waals surface area contributed by atoms with E-state index in [1.165, 1.54) is 12.1 Å². The molecule has 0 N–H and O–H groups in total. The molecule has 0 atom stereocenters. The standard InChI is InChI=1S/C24H25NO4S/c1-4-20-9-11-21(12-10-20)25(30(27,28)23-15-7-19(3)8-16-23)24(26)17-29-22-13-5-18(2)6-14-22/h5-16H,4,17H2,1-3H3. The minimum Gasteiger partial charge on any atom is -0.484 e. The molecular formula is C24H25NO4S. The van der Waals surface area contributed by atoms with Crippen LogP contribution in [0.25, 0.3) is 0 Å². The fourth-order valence-electron chi connectivity index (χ4n) is 2.94. The summed E-state index contributed by atoms with van der Waals surface area (Å²) < 4.78 is 33.1. The predicted octanol–water partition coefficient (Wildman–Crippen LogP) is 4.67. The van der Waals surface area contributed by atoms with Crippen molar-refractivity contribution in [1.82, 2.24) is 0 Å². The SMILES string of the molecule is CCc1ccc(N(C(=O)COc2ccc(C)cc2)S(=O)(=O)c2ccc(C)cc2)cc1. The van der Waals surface area contributed by atoms with Crippen LogP contribution in [0.1, 0.15) is 23.6 Å². The van der Waals surface area contributed by atoms with Gasteiger partial charge < -0.3 is 4.74 Å². The van der Waals surface area contributed by atoms with Crippen LogP contribution in [0.2, 0.25) is 0 Å². The Morgan fingerprint density at radius 3 is 1.90 bits per heavy atom. The first-order valence-electron chi connectivity index (χ1n) is 9.74. The fraction of sp³-hybridized carbons (Fsp3) is 0.208. The molecule has 6 heteroatoms. The monoisotopic (exact) mass is 423 g/mol. The Hall–Kier alpha value is -3.12. The van der Waals surface area contributed by atoms with Gasteiger partial charge in [0.15, 0.2) is 6.61 Å². The molecule has 3 aromatic rings. The van der Waals surface area contributed by atoms with Gasteiger partial charge in [0.25, 0.3) is 15.9 Å². The topological polar surface area (TPSA) is 63.7 Å². The molecule has 0 aliphatic heterocycles. The quantitative estimate of drug-likeness (QED) is 0.554. The number of hydrogen-bond acceptors (Lipinski definition) is 4. The van der Waals surface area contributed by atoms with Crippen molar-refractivity contribution in [3.8, 4) is 5.75 Å². The van der Waals surface area contributed by atoms with Crippen LogP contribution in [0.3, 0.4) is 0 Å². The molecule has 30 heavy (non-hydrogen) atoms. The van der Waals surface area contributed by atoms with Crippen LogP contribution in [-0.4, -0.2) is 20.9 Å². The Morgan fingerprint density at radius 2 is 1.37 bits per heavy atom. The van der Waals surface area contributed by atoms with E-state index in [0.717, 1.165) is 27.4 Å². The van der Waals surface area contributed by atoms with Crippen LogP contribution in [0, 0.1) is 13.8 Å². The van der Waals surface area contributed by atoms with E-state index in [9.17, 15) is 13.2 Å². The highest BCUT2D eigenvalue weighted by atomic mass is 32.2. The molecule has 0 fully saturated rings. The molecule has 0 aliphatic carbocycles. The van der Waals surface area contributed by atoms with Gasteiger partial charge >= 0.3 is 0 Å². The third-order valence-electron chi connectivity index (χ3n) is 4.75. The second-order valence-corrected chi connectivity index (χ2v) is 8.88. The first kappa shape index (κ1) is 21.6. The summed E-state index contributed by atoms with van der Waals surface area (Å²) in [5.41, 5.74) is 3.33. The molecule has 0 radical (unpaired) electrons. The van der Waals surface area contributed by atoms with Crippen molar-refractivity contribution in [3.05, 3.63) is 89.5 Å². The summed E-state index contributed by atoms with van der Waals surface area (Å²) in [6.07, 6.45) is 0.815. The van der Waals surface area contributed by atoms with E-state index in [4.69, 9.17) is 4.74 Å². The van der Waals surface area contributed by atoms with E-state index >= 15 is 0 Å². The Morgan fingerprint density at radius 1 is 0.833 bits per heavy atom. The first-order valence-corrected chi connectivity index (χ1v) is 11.2. The maximum Gasteiger partial charge on any atom is 0.278 e. The summed E-state index contributed by atoms with van der Waals surface area (Å²) in [7, 11) is -4.10. The van der Waals surface area contributed by atoms with Gasteiger partial charge in [-0.05, 0) is 62.2 Å². The average molecular weight is 424 g/mol. The van der Waals surface area contributed by atoms with E-state index in [0.29, 0.717) is 5.75 Å². The number of sulfonamides is 1. The van der Waals surface area contributed by atoms with Crippen LogP contribution >= 0.6 is 0 Å². The average Bonchev–Trinajstić information content (AvgIpc) is 2.74. The molecule has 3 rings (SSSR count). The predicted molar refractivity (Wildman–Crippen MR) is 118 cm³/mol. The molecule has 1 amide bonds. The van der Waals surface area contributed by atoms with Crippen molar-refractivity contribution < 1.29 is 17.9 Å². The Labute approximate surface area is 178 Å². The molecule has 0 unspecified atom stereocenters. The van der Waals surface area contributed by atoms with Crippen LogP contribution < -0.4 is 9.04 Å². The molecule has 5 nitrogen and oxygen atoms in total. The number of hydrogen-bond donors (Lipinski definition) is 0. The van der Waals surface area contributed by atoms with Gasteiger partial charge in [0, 0.05) is 0 Å². The second-order valence-electron chi connectivity index (χ2n) is 7.10. The third-order valence-corrected chi connectivity index (χ3v) is 6.51. The summed E-state index contributed by atoms with van der Waals surface area (Å²) >= 11 is 0. The molecule has 3 aromatic carbocycles. The van der Waals surface area contributed by atoms with Crippen LogP contribution in [0.5, 0.6) is 5.75 Å². The number of aryl methyl sites for hydroxylation is 3. The van der Waals surface area contributed by atoms with Crippen LogP contribution in [0.15, 0.2) is 77.7 Å². The summed E-state index contributed by atoms with van der Waals surface area (Å²) in [5.74, 6) is -0.164. The molecule has 0 bridgehead atoms. The van der Waals surface area contributed by atoms with Gasteiger partial charge in [-0.3, -0.25) is 4.79 Å². The number of anilines is 1. The van der Waals surface area contributed by atoms with Gasteiger partial charge in [-0.15, -0.1) is 0 Å². The molecule has 156 valence electrons. The molecule has 0 saturated carbocycles. The molecular weight excluding hydrogens is 398 g/mol.